The van der Waals surface area contributed by atoms with Crippen LogP contribution in [0.4, 0.5) is 0 Å². The lowest BCUT2D eigenvalue weighted by Gasteiger charge is -2.24. The molecule has 1 fully saturated rings. The van der Waals surface area contributed by atoms with Gasteiger partial charge in [-0.15, -0.1) is 0 Å². The normalized spacial score (nSPS) is 17.0. The minimum absolute atomic E-state index is 0.246. The van der Waals surface area contributed by atoms with Crippen LogP contribution in [-0.2, 0) is 6.54 Å². The van der Waals surface area contributed by atoms with E-state index in [1.807, 2.05) is 30.5 Å². The van der Waals surface area contributed by atoms with Crippen LogP contribution in [0, 0.1) is 0 Å². The predicted octanol–water partition coefficient (Wildman–Crippen LogP) is 2.33. The van der Waals surface area contributed by atoms with Gasteiger partial charge in [0.05, 0.1) is 38.3 Å². The van der Waals surface area contributed by atoms with Gasteiger partial charge in [0, 0.05) is 31.9 Å². The van der Waals surface area contributed by atoms with E-state index in [1.165, 1.54) is 0 Å². The molecule has 0 N–H and O–H groups in total. The molecule has 0 bridgehead atoms. The van der Waals surface area contributed by atoms with Crippen molar-refractivity contribution in [2.75, 3.05) is 34.0 Å². The Kier molecular flexibility index (Phi) is 5.27. The molecule has 3 heterocycles. The molecular weight excluding hydrogens is 304 g/mol. The summed E-state index contributed by atoms with van der Waals surface area (Å²) < 4.78 is 10.6. The Bertz CT molecular complexity index is 680. The summed E-state index contributed by atoms with van der Waals surface area (Å²) in [5, 5.41) is 0. The number of methoxy groups -OCH3 is 2. The third kappa shape index (κ3) is 3.66. The van der Waals surface area contributed by atoms with Crippen LogP contribution < -0.4 is 9.47 Å². The zero-order valence-corrected chi connectivity index (χ0v) is 14.5. The van der Waals surface area contributed by atoms with E-state index in [1.54, 1.807) is 14.2 Å². The average molecular weight is 328 g/mol. The molecule has 2 aromatic heterocycles. The molecule has 0 radical (unpaired) electrons. The Morgan fingerprint density at radius 3 is 2.79 bits per heavy atom. The van der Waals surface area contributed by atoms with Crippen LogP contribution in [0.25, 0.3) is 0 Å². The summed E-state index contributed by atoms with van der Waals surface area (Å²) in [6.07, 6.45) is 1.81. The lowest BCUT2D eigenvalue weighted by Crippen LogP contribution is -2.28. The number of ether oxygens (including phenoxy) is 2. The van der Waals surface area contributed by atoms with Crippen molar-refractivity contribution in [3.05, 3.63) is 47.9 Å². The van der Waals surface area contributed by atoms with E-state index in [0.29, 0.717) is 5.88 Å². The third-order valence-corrected chi connectivity index (χ3v) is 4.46. The fraction of sp³-hybridized carbons (Fsp3) is 0.444. The molecule has 1 unspecified atom stereocenters. The molecular formula is C18H24N4O2. The number of aromatic nitrogens is 2. The quantitative estimate of drug-likeness (QED) is 0.811. The Balaban J connectivity index is 1.64. The lowest BCUT2D eigenvalue weighted by molar-refractivity contribution is 0.193. The van der Waals surface area contributed by atoms with Crippen molar-refractivity contribution in [3.63, 3.8) is 0 Å². The summed E-state index contributed by atoms with van der Waals surface area (Å²) in [7, 11) is 3.34. The van der Waals surface area contributed by atoms with Crippen LogP contribution >= 0.6 is 0 Å². The zero-order chi connectivity index (χ0) is 16.9. The molecule has 1 saturated heterocycles. The fourth-order valence-electron chi connectivity index (χ4n) is 3.02. The van der Waals surface area contributed by atoms with Crippen LogP contribution in [0.1, 0.15) is 24.4 Å². The predicted molar refractivity (Wildman–Crippen MR) is 92.0 cm³/mol. The van der Waals surface area contributed by atoms with E-state index < -0.39 is 0 Å². The maximum Gasteiger partial charge on any atom is 0.213 e. The van der Waals surface area contributed by atoms with Gasteiger partial charge in [0.2, 0.25) is 5.88 Å². The second-order valence-corrected chi connectivity index (χ2v) is 5.94. The van der Waals surface area contributed by atoms with Crippen LogP contribution in [0.5, 0.6) is 11.6 Å². The van der Waals surface area contributed by atoms with Crippen LogP contribution in [-0.4, -0.2) is 53.7 Å². The highest BCUT2D eigenvalue weighted by atomic mass is 16.5. The van der Waals surface area contributed by atoms with Gasteiger partial charge in [-0.05, 0) is 25.1 Å². The van der Waals surface area contributed by atoms with Gasteiger partial charge in [-0.3, -0.25) is 14.8 Å². The van der Waals surface area contributed by atoms with Crippen molar-refractivity contribution in [1.29, 1.82) is 0 Å². The molecule has 24 heavy (non-hydrogen) atoms. The number of rotatable bonds is 6. The highest BCUT2D eigenvalue weighted by molar-refractivity contribution is 5.26. The first-order chi connectivity index (χ1) is 11.7. The van der Waals surface area contributed by atoms with Gasteiger partial charge in [-0.1, -0.05) is 6.07 Å². The average Bonchev–Trinajstić information content (AvgIpc) is 3.10. The molecule has 3 rings (SSSR count). The second kappa shape index (κ2) is 7.59. The standard InChI is InChI=1S/C18H24N4O2/c1-14(15-6-4-8-18(20-15)24-3)22-11-10-21(13-22)12-16-17(23-2)7-5-9-19-16/h4-9,14H,10-13H2,1-3H3. The van der Waals surface area contributed by atoms with E-state index in [4.69, 9.17) is 9.47 Å². The first-order valence-corrected chi connectivity index (χ1v) is 8.16. The monoisotopic (exact) mass is 328 g/mol. The number of pyridine rings is 2. The molecule has 128 valence electrons. The van der Waals surface area contributed by atoms with Crippen LogP contribution in [0.15, 0.2) is 36.5 Å². The minimum Gasteiger partial charge on any atom is -0.495 e. The summed E-state index contributed by atoms with van der Waals surface area (Å²) in [4.78, 5) is 13.8. The highest BCUT2D eigenvalue weighted by Gasteiger charge is 2.26. The second-order valence-electron chi connectivity index (χ2n) is 5.94. The largest absolute Gasteiger partial charge is 0.495 e. The summed E-state index contributed by atoms with van der Waals surface area (Å²) in [6.45, 7) is 5.88. The van der Waals surface area contributed by atoms with Gasteiger partial charge in [-0.2, -0.15) is 0 Å². The van der Waals surface area contributed by atoms with E-state index in [9.17, 15) is 0 Å². The molecule has 1 atom stereocenters. The Morgan fingerprint density at radius 1 is 1.12 bits per heavy atom. The Labute approximate surface area is 143 Å². The summed E-state index contributed by atoms with van der Waals surface area (Å²) in [6, 6.07) is 10.0. The van der Waals surface area contributed by atoms with E-state index in [-0.39, 0.29) is 6.04 Å². The molecule has 1 aliphatic rings. The van der Waals surface area contributed by atoms with Gasteiger partial charge in [0.1, 0.15) is 5.75 Å². The van der Waals surface area contributed by atoms with Crippen molar-refractivity contribution in [2.45, 2.75) is 19.5 Å². The maximum atomic E-state index is 5.40. The topological polar surface area (TPSA) is 50.7 Å². The molecule has 2 aromatic rings. The Morgan fingerprint density at radius 2 is 2.00 bits per heavy atom. The number of hydrogen-bond acceptors (Lipinski definition) is 6. The molecule has 0 amide bonds. The maximum absolute atomic E-state index is 5.40. The van der Waals surface area contributed by atoms with Crippen molar-refractivity contribution < 1.29 is 9.47 Å². The van der Waals surface area contributed by atoms with Crippen molar-refractivity contribution in [3.8, 4) is 11.6 Å². The summed E-state index contributed by atoms with van der Waals surface area (Å²) in [5.41, 5.74) is 2.01. The van der Waals surface area contributed by atoms with Crippen LogP contribution in [0.3, 0.4) is 0 Å². The van der Waals surface area contributed by atoms with Crippen molar-refractivity contribution in [1.82, 2.24) is 19.8 Å². The molecule has 6 nitrogen and oxygen atoms in total. The van der Waals surface area contributed by atoms with Crippen molar-refractivity contribution >= 4 is 0 Å². The van der Waals surface area contributed by atoms with E-state index in [2.05, 4.69) is 32.8 Å². The highest BCUT2D eigenvalue weighted by Crippen LogP contribution is 2.25. The lowest BCUT2D eigenvalue weighted by atomic mass is 10.2. The van der Waals surface area contributed by atoms with Crippen LogP contribution in [0.2, 0.25) is 0 Å². The molecule has 0 spiro atoms. The first-order valence-electron chi connectivity index (χ1n) is 8.16. The molecule has 0 saturated carbocycles. The smallest absolute Gasteiger partial charge is 0.213 e. The van der Waals surface area contributed by atoms with E-state index in [0.717, 1.165) is 43.4 Å². The molecule has 1 aliphatic heterocycles. The Hall–Kier alpha value is -2.18. The van der Waals surface area contributed by atoms with Gasteiger partial charge in [0.15, 0.2) is 0 Å². The summed E-state index contributed by atoms with van der Waals surface area (Å²) in [5.74, 6) is 1.51. The first kappa shape index (κ1) is 16.7. The van der Waals surface area contributed by atoms with Gasteiger partial charge < -0.3 is 9.47 Å². The van der Waals surface area contributed by atoms with Gasteiger partial charge in [0.25, 0.3) is 0 Å². The molecule has 0 aliphatic carbocycles. The minimum atomic E-state index is 0.246. The fourth-order valence-corrected chi connectivity index (χ4v) is 3.02. The van der Waals surface area contributed by atoms with Gasteiger partial charge >= 0.3 is 0 Å². The number of hydrogen-bond donors (Lipinski definition) is 0. The van der Waals surface area contributed by atoms with Crippen molar-refractivity contribution in [2.24, 2.45) is 0 Å². The third-order valence-electron chi connectivity index (χ3n) is 4.46. The number of nitrogens with zero attached hydrogens (tertiary/aromatic N) is 4. The van der Waals surface area contributed by atoms with Gasteiger partial charge in [-0.25, -0.2) is 4.98 Å². The molecule has 6 heteroatoms. The van der Waals surface area contributed by atoms with E-state index >= 15 is 0 Å². The SMILES string of the molecule is COc1cccc(C(C)N2CCN(Cc3ncccc3OC)C2)n1. The summed E-state index contributed by atoms with van der Waals surface area (Å²) >= 11 is 0. The zero-order valence-electron chi connectivity index (χ0n) is 14.5. The molecule has 0 aromatic carbocycles.